The third-order valence-corrected chi connectivity index (χ3v) is 4.88. The van der Waals surface area contributed by atoms with Crippen molar-refractivity contribution in [1.82, 2.24) is 4.90 Å². The Morgan fingerprint density at radius 3 is 2.90 bits per heavy atom. The molecule has 1 atom stereocenters. The number of likely N-dealkylation sites (N-methyl/N-ethyl adjacent to an activating group) is 1. The number of halogens is 1. The van der Waals surface area contributed by atoms with Crippen molar-refractivity contribution in [2.24, 2.45) is 0 Å². The standard InChI is InChI=1S/C14H17ClN2O3S/c1-17(10-4-5-21-8-10)7-13(18)16-12-6-9(14(19)20)2-3-11(12)15/h2-3,6,10H,4-5,7-8H2,1H3,(H,16,18)(H,19,20). The third-order valence-electron chi connectivity index (χ3n) is 3.41. The second kappa shape index (κ2) is 7.15. The zero-order valence-electron chi connectivity index (χ0n) is 11.6. The van der Waals surface area contributed by atoms with E-state index >= 15 is 0 Å². The third kappa shape index (κ3) is 4.36. The van der Waals surface area contributed by atoms with Gasteiger partial charge in [0.15, 0.2) is 0 Å². The summed E-state index contributed by atoms with van der Waals surface area (Å²) >= 11 is 7.87. The van der Waals surface area contributed by atoms with Gasteiger partial charge in [-0.25, -0.2) is 4.79 Å². The molecule has 2 N–H and O–H groups in total. The lowest BCUT2D eigenvalue weighted by molar-refractivity contribution is -0.117. The number of carbonyl (C=O) groups excluding carboxylic acids is 1. The summed E-state index contributed by atoms with van der Waals surface area (Å²) in [5, 5.41) is 12.0. The number of hydrogen-bond acceptors (Lipinski definition) is 4. The average Bonchev–Trinajstić information content (AvgIpc) is 2.95. The summed E-state index contributed by atoms with van der Waals surface area (Å²) in [6.45, 7) is 0.263. The smallest absolute Gasteiger partial charge is 0.335 e. The number of aromatic carboxylic acids is 1. The normalized spacial score (nSPS) is 18.0. The van der Waals surface area contributed by atoms with Crippen LogP contribution in [0, 0.1) is 0 Å². The number of rotatable bonds is 5. The van der Waals surface area contributed by atoms with E-state index in [-0.39, 0.29) is 18.0 Å². The molecule has 1 unspecified atom stereocenters. The summed E-state index contributed by atoms with van der Waals surface area (Å²) in [4.78, 5) is 25.0. The summed E-state index contributed by atoms with van der Waals surface area (Å²) in [6.07, 6.45) is 1.09. The van der Waals surface area contributed by atoms with Crippen LogP contribution in [0.1, 0.15) is 16.8 Å². The van der Waals surface area contributed by atoms with E-state index in [1.165, 1.54) is 18.2 Å². The SMILES string of the molecule is CN(CC(=O)Nc1cc(C(=O)O)ccc1Cl)C1CCSC1. The lowest BCUT2D eigenvalue weighted by Crippen LogP contribution is -2.38. The number of thioether (sulfide) groups is 1. The number of anilines is 1. The fourth-order valence-electron chi connectivity index (χ4n) is 2.17. The Labute approximate surface area is 132 Å². The molecule has 0 saturated carbocycles. The lowest BCUT2D eigenvalue weighted by atomic mass is 10.2. The zero-order chi connectivity index (χ0) is 15.4. The maximum atomic E-state index is 12.0. The van der Waals surface area contributed by atoms with Gasteiger partial charge in [0, 0.05) is 11.8 Å². The van der Waals surface area contributed by atoms with E-state index in [1.807, 2.05) is 23.7 Å². The van der Waals surface area contributed by atoms with Crippen molar-refractivity contribution in [2.45, 2.75) is 12.5 Å². The van der Waals surface area contributed by atoms with E-state index in [0.29, 0.717) is 16.8 Å². The molecule has 1 aromatic rings. The quantitative estimate of drug-likeness (QED) is 0.868. The van der Waals surface area contributed by atoms with E-state index in [1.54, 1.807) is 0 Å². The molecule has 1 saturated heterocycles. The van der Waals surface area contributed by atoms with Gasteiger partial charge in [-0.1, -0.05) is 11.6 Å². The maximum absolute atomic E-state index is 12.0. The second-order valence-corrected chi connectivity index (χ2v) is 6.54. The molecular formula is C14H17ClN2O3S. The first-order valence-electron chi connectivity index (χ1n) is 6.58. The van der Waals surface area contributed by atoms with Gasteiger partial charge in [-0.05, 0) is 37.4 Å². The highest BCUT2D eigenvalue weighted by atomic mass is 35.5. The summed E-state index contributed by atoms with van der Waals surface area (Å²) in [5.74, 6) is 0.920. The molecule has 1 aromatic carbocycles. The lowest BCUT2D eigenvalue weighted by Gasteiger charge is -2.22. The van der Waals surface area contributed by atoms with Crippen LogP contribution in [0.15, 0.2) is 18.2 Å². The Bertz CT molecular complexity index is 547. The minimum atomic E-state index is -1.05. The molecular weight excluding hydrogens is 312 g/mol. The predicted octanol–water partition coefficient (Wildman–Crippen LogP) is 2.41. The number of carboxylic acids is 1. The van der Waals surface area contributed by atoms with Gasteiger partial charge in [0.25, 0.3) is 0 Å². The highest BCUT2D eigenvalue weighted by Crippen LogP contribution is 2.24. The maximum Gasteiger partial charge on any atom is 0.335 e. The van der Waals surface area contributed by atoms with Crippen LogP contribution in [0.25, 0.3) is 0 Å². The minimum Gasteiger partial charge on any atom is -0.478 e. The van der Waals surface area contributed by atoms with E-state index < -0.39 is 5.97 Å². The van der Waals surface area contributed by atoms with Gasteiger partial charge in [0.05, 0.1) is 22.8 Å². The first-order chi connectivity index (χ1) is 9.97. The topological polar surface area (TPSA) is 69.6 Å². The van der Waals surface area contributed by atoms with Gasteiger partial charge in [-0.2, -0.15) is 11.8 Å². The molecule has 5 nitrogen and oxygen atoms in total. The van der Waals surface area contributed by atoms with Gasteiger partial charge in [-0.15, -0.1) is 0 Å². The predicted molar refractivity (Wildman–Crippen MR) is 85.4 cm³/mol. The van der Waals surface area contributed by atoms with Crippen molar-refractivity contribution in [1.29, 1.82) is 0 Å². The first kappa shape index (κ1) is 16.1. The van der Waals surface area contributed by atoms with Crippen molar-refractivity contribution < 1.29 is 14.7 Å². The van der Waals surface area contributed by atoms with Gasteiger partial charge in [0.2, 0.25) is 5.91 Å². The van der Waals surface area contributed by atoms with Crippen molar-refractivity contribution in [3.63, 3.8) is 0 Å². The molecule has 0 aromatic heterocycles. The molecule has 1 amide bonds. The Morgan fingerprint density at radius 2 is 2.29 bits per heavy atom. The molecule has 0 bridgehead atoms. The number of nitrogens with zero attached hydrogens (tertiary/aromatic N) is 1. The van der Waals surface area contributed by atoms with E-state index in [2.05, 4.69) is 5.32 Å². The molecule has 7 heteroatoms. The van der Waals surface area contributed by atoms with Crippen LogP contribution in [0.5, 0.6) is 0 Å². The number of amides is 1. The van der Waals surface area contributed by atoms with Crippen LogP contribution in [0.3, 0.4) is 0 Å². The Morgan fingerprint density at radius 1 is 1.52 bits per heavy atom. The summed E-state index contributed by atoms with van der Waals surface area (Å²) < 4.78 is 0. The Balaban J connectivity index is 1.98. The second-order valence-electron chi connectivity index (χ2n) is 4.98. The number of carboxylic acid groups (broad SMARTS) is 1. The highest BCUT2D eigenvalue weighted by molar-refractivity contribution is 7.99. The summed E-state index contributed by atoms with van der Waals surface area (Å²) in [6, 6.07) is 4.66. The van der Waals surface area contributed by atoms with Crippen LogP contribution in [0.2, 0.25) is 5.02 Å². The van der Waals surface area contributed by atoms with Crippen molar-refractivity contribution in [2.75, 3.05) is 30.4 Å². The number of nitrogens with one attached hydrogen (secondary N) is 1. The van der Waals surface area contributed by atoms with E-state index in [4.69, 9.17) is 16.7 Å². The largest absolute Gasteiger partial charge is 0.478 e. The number of benzene rings is 1. The van der Waals surface area contributed by atoms with Crippen molar-refractivity contribution in [3.05, 3.63) is 28.8 Å². The Kier molecular flexibility index (Phi) is 5.50. The molecule has 0 radical (unpaired) electrons. The highest BCUT2D eigenvalue weighted by Gasteiger charge is 2.22. The van der Waals surface area contributed by atoms with Crippen molar-refractivity contribution in [3.8, 4) is 0 Å². The molecule has 1 aliphatic heterocycles. The van der Waals surface area contributed by atoms with E-state index in [0.717, 1.165) is 17.9 Å². The zero-order valence-corrected chi connectivity index (χ0v) is 13.2. The van der Waals surface area contributed by atoms with Gasteiger partial charge in [-0.3, -0.25) is 9.69 Å². The van der Waals surface area contributed by atoms with Gasteiger partial charge < -0.3 is 10.4 Å². The fraction of sp³-hybridized carbons (Fsp3) is 0.429. The molecule has 1 fully saturated rings. The number of hydrogen-bond donors (Lipinski definition) is 2. The van der Waals surface area contributed by atoms with Crippen molar-refractivity contribution >= 4 is 40.9 Å². The van der Waals surface area contributed by atoms with E-state index in [9.17, 15) is 9.59 Å². The molecule has 1 heterocycles. The molecule has 1 aliphatic rings. The van der Waals surface area contributed by atoms with Crippen LogP contribution < -0.4 is 5.32 Å². The van der Waals surface area contributed by atoms with Gasteiger partial charge >= 0.3 is 5.97 Å². The Hall–Kier alpha value is -1.24. The molecule has 0 aliphatic carbocycles. The summed E-state index contributed by atoms with van der Waals surface area (Å²) in [5.41, 5.74) is 0.422. The molecule has 114 valence electrons. The molecule has 2 rings (SSSR count). The van der Waals surface area contributed by atoms with Crippen LogP contribution in [-0.2, 0) is 4.79 Å². The monoisotopic (exact) mass is 328 g/mol. The van der Waals surface area contributed by atoms with Crippen LogP contribution >= 0.6 is 23.4 Å². The summed E-state index contributed by atoms with van der Waals surface area (Å²) in [7, 11) is 1.92. The van der Waals surface area contributed by atoms with Crippen LogP contribution in [0.4, 0.5) is 5.69 Å². The average molecular weight is 329 g/mol. The molecule has 21 heavy (non-hydrogen) atoms. The van der Waals surface area contributed by atoms with Gasteiger partial charge in [0.1, 0.15) is 0 Å². The molecule has 0 spiro atoms. The minimum absolute atomic E-state index is 0.0928. The van der Waals surface area contributed by atoms with Crippen LogP contribution in [-0.4, -0.2) is 53.0 Å². The first-order valence-corrected chi connectivity index (χ1v) is 8.11. The number of carbonyl (C=O) groups is 2. The fourth-order valence-corrected chi connectivity index (χ4v) is 3.63.